The Morgan fingerprint density at radius 2 is 2.24 bits per heavy atom. The maximum absolute atomic E-state index is 13.6. The Kier molecular flexibility index (Phi) is 4.01. The minimum absolute atomic E-state index is 0.221. The highest BCUT2D eigenvalue weighted by atomic mass is 19.1. The van der Waals surface area contributed by atoms with Crippen LogP contribution in [0.3, 0.4) is 0 Å². The number of fused-ring (bicyclic) bond motifs is 1. The molecule has 21 heavy (non-hydrogen) atoms. The van der Waals surface area contributed by atoms with Crippen LogP contribution in [-0.4, -0.2) is 18.3 Å². The van der Waals surface area contributed by atoms with Crippen LogP contribution < -0.4 is 10.1 Å². The van der Waals surface area contributed by atoms with Crippen LogP contribution in [0, 0.1) is 12.7 Å². The lowest BCUT2D eigenvalue weighted by Crippen LogP contribution is -2.15. The van der Waals surface area contributed by atoms with Gasteiger partial charge < -0.3 is 14.8 Å². The number of aromatic nitrogens is 1. The first-order chi connectivity index (χ1) is 10.2. The van der Waals surface area contributed by atoms with E-state index in [1.807, 2.05) is 25.1 Å². The lowest BCUT2D eigenvalue weighted by Gasteiger charge is -2.21. The molecule has 1 N–H and O–H groups in total. The predicted octanol–water partition coefficient (Wildman–Crippen LogP) is 3.05. The molecule has 0 radical (unpaired) electrons. The van der Waals surface area contributed by atoms with E-state index in [4.69, 9.17) is 9.47 Å². The van der Waals surface area contributed by atoms with E-state index < -0.39 is 0 Å². The summed E-state index contributed by atoms with van der Waals surface area (Å²) in [6, 6.07) is 8.80. The standard InChI is InChI=1S/C16H17FN2O2/c1-11-3-2-4-15(19-11)18-6-5-12-7-14(17)8-13-9-20-10-21-16(12)13/h2-4,7-8H,5-6,9-10H2,1H3,(H,18,19). The van der Waals surface area contributed by atoms with Gasteiger partial charge in [0.2, 0.25) is 0 Å². The molecule has 1 aliphatic rings. The van der Waals surface area contributed by atoms with Crippen molar-refractivity contribution >= 4 is 5.82 Å². The number of halogens is 1. The fourth-order valence-corrected chi connectivity index (χ4v) is 2.41. The predicted molar refractivity (Wildman–Crippen MR) is 77.9 cm³/mol. The second kappa shape index (κ2) is 6.10. The molecule has 0 aliphatic carbocycles. The van der Waals surface area contributed by atoms with Crippen LogP contribution in [0.15, 0.2) is 30.3 Å². The molecule has 5 heteroatoms. The molecule has 110 valence electrons. The van der Waals surface area contributed by atoms with E-state index >= 15 is 0 Å². The zero-order valence-corrected chi connectivity index (χ0v) is 11.9. The molecular weight excluding hydrogens is 271 g/mol. The van der Waals surface area contributed by atoms with Gasteiger partial charge in [0.15, 0.2) is 6.79 Å². The summed E-state index contributed by atoms with van der Waals surface area (Å²) >= 11 is 0. The number of hydrogen-bond acceptors (Lipinski definition) is 4. The van der Waals surface area contributed by atoms with Crippen molar-refractivity contribution in [3.8, 4) is 5.75 Å². The Morgan fingerprint density at radius 1 is 1.33 bits per heavy atom. The smallest absolute Gasteiger partial charge is 0.189 e. The van der Waals surface area contributed by atoms with E-state index in [2.05, 4.69) is 10.3 Å². The van der Waals surface area contributed by atoms with Gasteiger partial charge in [0, 0.05) is 17.8 Å². The molecule has 1 aromatic carbocycles. The minimum atomic E-state index is -0.258. The third-order valence-electron chi connectivity index (χ3n) is 3.34. The number of aryl methyl sites for hydroxylation is 1. The largest absolute Gasteiger partial charge is 0.467 e. The maximum Gasteiger partial charge on any atom is 0.189 e. The minimum Gasteiger partial charge on any atom is -0.467 e. The molecule has 0 unspecified atom stereocenters. The topological polar surface area (TPSA) is 43.4 Å². The van der Waals surface area contributed by atoms with Gasteiger partial charge in [0.05, 0.1) is 6.61 Å². The number of rotatable bonds is 4. The van der Waals surface area contributed by atoms with E-state index in [9.17, 15) is 4.39 Å². The number of nitrogens with one attached hydrogen (secondary N) is 1. The average Bonchev–Trinajstić information content (AvgIpc) is 2.47. The van der Waals surface area contributed by atoms with Gasteiger partial charge in [-0.15, -0.1) is 0 Å². The fourth-order valence-electron chi connectivity index (χ4n) is 2.41. The SMILES string of the molecule is Cc1cccc(NCCc2cc(F)cc3c2OCOC3)n1. The quantitative estimate of drug-likeness (QED) is 0.939. The number of hydrogen-bond donors (Lipinski definition) is 1. The first-order valence-corrected chi connectivity index (χ1v) is 6.92. The summed E-state index contributed by atoms with van der Waals surface area (Å²) in [4.78, 5) is 4.37. The zero-order chi connectivity index (χ0) is 14.7. The van der Waals surface area contributed by atoms with Crippen molar-refractivity contribution < 1.29 is 13.9 Å². The molecule has 2 heterocycles. The molecule has 0 amide bonds. The molecule has 0 saturated carbocycles. The molecule has 0 bridgehead atoms. The second-order valence-electron chi connectivity index (χ2n) is 5.00. The summed E-state index contributed by atoms with van der Waals surface area (Å²) in [7, 11) is 0. The van der Waals surface area contributed by atoms with Gasteiger partial charge in [-0.1, -0.05) is 6.07 Å². The van der Waals surface area contributed by atoms with Crippen LogP contribution >= 0.6 is 0 Å². The van der Waals surface area contributed by atoms with E-state index in [0.29, 0.717) is 19.6 Å². The van der Waals surface area contributed by atoms with Crippen LogP contribution in [0.4, 0.5) is 10.2 Å². The first-order valence-electron chi connectivity index (χ1n) is 6.92. The first kappa shape index (κ1) is 13.8. The zero-order valence-electron chi connectivity index (χ0n) is 11.9. The van der Waals surface area contributed by atoms with E-state index in [-0.39, 0.29) is 12.6 Å². The van der Waals surface area contributed by atoms with Crippen molar-refractivity contribution in [1.29, 1.82) is 0 Å². The number of pyridine rings is 1. The number of ether oxygens (including phenoxy) is 2. The lowest BCUT2D eigenvalue weighted by atomic mass is 10.1. The number of anilines is 1. The van der Waals surface area contributed by atoms with E-state index in [0.717, 1.165) is 28.4 Å². The van der Waals surface area contributed by atoms with Gasteiger partial charge in [-0.3, -0.25) is 0 Å². The molecule has 1 aromatic heterocycles. The van der Waals surface area contributed by atoms with Crippen LogP contribution in [0.5, 0.6) is 5.75 Å². The fraction of sp³-hybridized carbons (Fsp3) is 0.312. The van der Waals surface area contributed by atoms with Gasteiger partial charge in [-0.05, 0) is 43.2 Å². The maximum atomic E-state index is 13.6. The monoisotopic (exact) mass is 288 g/mol. The third-order valence-corrected chi connectivity index (χ3v) is 3.34. The van der Waals surface area contributed by atoms with Crippen molar-refractivity contribution in [3.05, 3.63) is 53.0 Å². The molecule has 2 aromatic rings. The molecule has 0 atom stereocenters. The van der Waals surface area contributed by atoms with E-state index in [1.54, 1.807) is 0 Å². The van der Waals surface area contributed by atoms with Gasteiger partial charge in [0.1, 0.15) is 17.4 Å². The van der Waals surface area contributed by atoms with Crippen molar-refractivity contribution in [2.45, 2.75) is 20.0 Å². The van der Waals surface area contributed by atoms with Crippen LogP contribution in [-0.2, 0) is 17.8 Å². The summed E-state index contributed by atoms with van der Waals surface area (Å²) < 4.78 is 24.3. The van der Waals surface area contributed by atoms with Gasteiger partial charge in [-0.25, -0.2) is 9.37 Å². The Hall–Kier alpha value is -2.14. The lowest BCUT2D eigenvalue weighted by molar-refractivity contribution is -0.0172. The van der Waals surface area contributed by atoms with Crippen LogP contribution in [0.25, 0.3) is 0 Å². The summed E-state index contributed by atoms with van der Waals surface area (Å²) in [5.74, 6) is 1.32. The summed E-state index contributed by atoms with van der Waals surface area (Å²) in [5.41, 5.74) is 2.59. The molecule has 3 rings (SSSR count). The Labute approximate surface area is 122 Å². The van der Waals surface area contributed by atoms with Crippen LogP contribution in [0.2, 0.25) is 0 Å². The summed E-state index contributed by atoms with van der Waals surface area (Å²) in [6.07, 6.45) is 0.662. The summed E-state index contributed by atoms with van der Waals surface area (Å²) in [5, 5.41) is 3.24. The second-order valence-corrected chi connectivity index (χ2v) is 5.00. The Bertz CT molecular complexity index is 646. The highest BCUT2D eigenvalue weighted by Crippen LogP contribution is 2.29. The Morgan fingerprint density at radius 3 is 3.10 bits per heavy atom. The molecule has 4 nitrogen and oxygen atoms in total. The van der Waals surface area contributed by atoms with Gasteiger partial charge in [-0.2, -0.15) is 0 Å². The highest BCUT2D eigenvalue weighted by Gasteiger charge is 2.16. The molecule has 1 aliphatic heterocycles. The van der Waals surface area contributed by atoms with Gasteiger partial charge in [0.25, 0.3) is 0 Å². The van der Waals surface area contributed by atoms with Crippen LogP contribution in [0.1, 0.15) is 16.8 Å². The van der Waals surface area contributed by atoms with Gasteiger partial charge >= 0.3 is 0 Å². The van der Waals surface area contributed by atoms with Crippen molar-refractivity contribution in [2.24, 2.45) is 0 Å². The molecule has 0 fully saturated rings. The van der Waals surface area contributed by atoms with Crippen molar-refractivity contribution in [2.75, 3.05) is 18.7 Å². The number of nitrogens with zero attached hydrogens (tertiary/aromatic N) is 1. The normalized spacial score (nSPS) is 13.4. The summed E-state index contributed by atoms with van der Waals surface area (Å²) in [6.45, 7) is 3.23. The number of benzene rings is 1. The van der Waals surface area contributed by atoms with E-state index in [1.165, 1.54) is 12.1 Å². The average molecular weight is 288 g/mol. The molecule has 0 saturated heterocycles. The molecule has 0 spiro atoms. The van der Waals surface area contributed by atoms with Crippen molar-refractivity contribution in [1.82, 2.24) is 4.98 Å². The Balaban J connectivity index is 1.69. The highest BCUT2D eigenvalue weighted by molar-refractivity contribution is 5.43. The molecular formula is C16H17FN2O2. The van der Waals surface area contributed by atoms with Crippen molar-refractivity contribution in [3.63, 3.8) is 0 Å². The third kappa shape index (κ3) is 3.31.